The van der Waals surface area contributed by atoms with Crippen molar-refractivity contribution < 1.29 is 14.6 Å². The van der Waals surface area contributed by atoms with Gasteiger partial charge in [-0.2, -0.15) is 0 Å². The smallest absolute Gasteiger partial charge is 0.335 e. The Morgan fingerprint density at radius 1 is 1.06 bits per heavy atom. The van der Waals surface area contributed by atoms with Gasteiger partial charge >= 0.3 is 5.97 Å². The summed E-state index contributed by atoms with van der Waals surface area (Å²) < 4.78 is 5.47. The van der Waals surface area contributed by atoms with E-state index in [1.54, 1.807) is 6.92 Å². The number of rotatable bonds is 11. The average Bonchev–Trinajstić information content (AvgIpc) is 2.32. The van der Waals surface area contributed by atoms with E-state index in [2.05, 4.69) is 6.92 Å². The van der Waals surface area contributed by atoms with Gasteiger partial charge in [-0.05, 0) is 19.8 Å². The first-order chi connectivity index (χ1) is 8.06. The molecule has 3 heteroatoms. The number of aliphatic carboxylic acids is 1. The largest absolute Gasteiger partial charge is 0.479 e. The molecule has 17 heavy (non-hydrogen) atoms. The molecule has 0 aromatic rings. The van der Waals surface area contributed by atoms with Gasteiger partial charge in [-0.25, -0.2) is 4.79 Å². The van der Waals surface area contributed by atoms with Crippen molar-refractivity contribution in [2.24, 2.45) is 0 Å². The highest BCUT2D eigenvalue weighted by Crippen LogP contribution is 2.16. The number of carboxylic acids is 1. The molecule has 1 N–H and O–H groups in total. The van der Waals surface area contributed by atoms with Crippen molar-refractivity contribution in [3.8, 4) is 0 Å². The fourth-order valence-electron chi connectivity index (χ4n) is 1.67. The van der Waals surface area contributed by atoms with E-state index >= 15 is 0 Å². The molecule has 0 aromatic heterocycles. The average molecular weight is 244 g/mol. The van der Waals surface area contributed by atoms with E-state index in [1.165, 1.54) is 32.1 Å². The third-order valence-electron chi connectivity index (χ3n) is 3.30. The summed E-state index contributed by atoms with van der Waals surface area (Å²) >= 11 is 0. The van der Waals surface area contributed by atoms with Crippen LogP contribution in [0.5, 0.6) is 0 Å². The van der Waals surface area contributed by atoms with Crippen LogP contribution in [0.2, 0.25) is 0 Å². The van der Waals surface area contributed by atoms with Gasteiger partial charge in [-0.15, -0.1) is 0 Å². The molecule has 0 aliphatic rings. The number of carbonyl (C=O) groups is 1. The molecule has 0 rings (SSSR count). The molecular weight excluding hydrogens is 216 g/mol. The normalized spacial score (nSPS) is 14.5. The monoisotopic (exact) mass is 244 g/mol. The van der Waals surface area contributed by atoms with Crippen LogP contribution in [0.15, 0.2) is 0 Å². The van der Waals surface area contributed by atoms with Crippen LogP contribution in [0.1, 0.15) is 72.1 Å². The van der Waals surface area contributed by atoms with E-state index in [0.29, 0.717) is 13.0 Å². The Kier molecular flexibility index (Phi) is 9.14. The molecule has 0 radical (unpaired) electrons. The first kappa shape index (κ1) is 16.4. The summed E-state index contributed by atoms with van der Waals surface area (Å²) in [7, 11) is 0. The topological polar surface area (TPSA) is 46.5 Å². The van der Waals surface area contributed by atoms with Gasteiger partial charge < -0.3 is 9.84 Å². The van der Waals surface area contributed by atoms with Gasteiger partial charge in [0, 0.05) is 6.61 Å². The Balaban J connectivity index is 3.47. The molecular formula is C14H28O3. The Morgan fingerprint density at radius 2 is 1.59 bits per heavy atom. The molecule has 3 nitrogen and oxygen atoms in total. The summed E-state index contributed by atoms with van der Waals surface area (Å²) in [5, 5.41) is 9.01. The molecule has 1 unspecified atom stereocenters. The zero-order chi connectivity index (χ0) is 13.1. The van der Waals surface area contributed by atoms with Crippen LogP contribution < -0.4 is 0 Å². The number of unbranched alkanes of at least 4 members (excludes halogenated alkanes) is 6. The second kappa shape index (κ2) is 9.46. The molecule has 0 aromatic carbocycles. The van der Waals surface area contributed by atoms with Crippen molar-refractivity contribution in [1.82, 2.24) is 0 Å². The highest BCUT2D eigenvalue weighted by atomic mass is 16.5. The van der Waals surface area contributed by atoms with Crippen molar-refractivity contribution in [3.05, 3.63) is 0 Å². The van der Waals surface area contributed by atoms with Crippen LogP contribution in [-0.2, 0) is 9.53 Å². The van der Waals surface area contributed by atoms with Crippen LogP contribution >= 0.6 is 0 Å². The predicted molar refractivity (Wildman–Crippen MR) is 70.3 cm³/mol. The van der Waals surface area contributed by atoms with E-state index in [0.717, 1.165) is 12.8 Å². The molecule has 0 saturated heterocycles. The summed E-state index contributed by atoms with van der Waals surface area (Å²) in [6.07, 6.45) is 9.06. The summed E-state index contributed by atoms with van der Waals surface area (Å²) in [5.74, 6) is -0.858. The van der Waals surface area contributed by atoms with Crippen molar-refractivity contribution in [3.63, 3.8) is 0 Å². The zero-order valence-electron chi connectivity index (χ0n) is 11.6. The predicted octanol–water partition coefficient (Wildman–Crippen LogP) is 4.01. The molecule has 102 valence electrons. The zero-order valence-corrected chi connectivity index (χ0v) is 11.6. The second-order valence-corrected chi connectivity index (χ2v) is 4.86. The lowest BCUT2D eigenvalue weighted by molar-refractivity contribution is -0.164. The highest BCUT2D eigenvalue weighted by Gasteiger charge is 2.31. The van der Waals surface area contributed by atoms with E-state index < -0.39 is 11.6 Å². The summed E-state index contributed by atoms with van der Waals surface area (Å²) in [6, 6.07) is 0. The Labute approximate surface area is 106 Å². The Hall–Kier alpha value is -0.570. The SMILES string of the molecule is CCCCCCCCCOC(C)(CC)C(=O)O. The standard InChI is InChI=1S/C14H28O3/c1-4-6-7-8-9-10-11-12-17-14(3,5-2)13(15)16/h4-12H2,1-3H3,(H,15,16). The minimum Gasteiger partial charge on any atom is -0.479 e. The van der Waals surface area contributed by atoms with Gasteiger partial charge in [0.05, 0.1) is 0 Å². The maximum Gasteiger partial charge on any atom is 0.335 e. The van der Waals surface area contributed by atoms with Crippen LogP contribution in [0.4, 0.5) is 0 Å². The first-order valence-corrected chi connectivity index (χ1v) is 6.94. The molecule has 0 aliphatic carbocycles. The lowest BCUT2D eigenvalue weighted by atomic mass is 10.0. The van der Waals surface area contributed by atoms with Crippen LogP contribution in [0.3, 0.4) is 0 Å². The van der Waals surface area contributed by atoms with Gasteiger partial charge in [0.1, 0.15) is 0 Å². The number of ether oxygens (including phenoxy) is 1. The maximum absolute atomic E-state index is 11.0. The van der Waals surface area contributed by atoms with E-state index in [4.69, 9.17) is 9.84 Å². The fourth-order valence-corrected chi connectivity index (χ4v) is 1.67. The second-order valence-electron chi connectivity index (χ2n) is 4.86. The molecule has 0 bridgehead atoms. The molecule has 0 spiro atoms. The van der Waals surface area contributed by atoms with Crippen molar-refractivity contribution in [1.29, 1.82) is 0 Å². The van der Waals surface area contributed by atoms with Crippen molar-refractivity contribution >= 4 is 5.97 Å². The summed E-state index contributed by atoms with van der Waals surface area (Å²) in [4.78, 5) is 11.0. The molecule has 0 fully saturated rings. The third-order valence-corrected chi connectivity index (χ3v) is 3.30. The van der Waals surface area contributed by atoms with E-state index in [-0.39, 0.29) is 0 Å². The molecule has 0 saturated carbocycles. The number of hydrogen-bond donors (Lipinski definition) is 1. The highest BCUT2D eigenvalue weighted by molar-refractivity contribution is 5.76. The summed E-state index contributed by atoms with van der Waals surface area (Å²) in [5.41, 5.74) is -0.998. The first-order valence-electron chi connectivity index (χ1n) is 6.94. The number of hydrogen-bond acceptors (Lipinski definition) is 2. The Bertz CT molecular complexity index is 204. The van der Waals surface area contributed by atoms with Gasteiger partial charge in [0.15, 0.2) is 5.60 Å². The Morgan fingerprint density at radius 3 is 2.06 bits per heavy atom. The van der Waals surface area contributed by atoms with Gasteiger partial charge in [-0.3, -0.25) is 0 Å². The quantitative estimate of drug-likeness (QED) is 0.559. The fraction of sp³-hybridized carbons (Fsp3) is 0.929. The summed E-state index contributed by atoms with van der Waals surface area (Å²) in [6.45, 7) is 6.27. The van der Waals surface area contributed by atoms with E-state index in [1.807, 2.05) is 6.92 Å². The minimum atomic E-state index is -0.998. The van der Waals surface area contributed by atoms with Crippen molar-refractivity contribution in [2.45, 2.75) is 77.7 Å². The minimum absolute atomic E-state index is 0.513. The third kappa shape index (κ3) is 7.37. The van der Waals surface area contributed by atoms with Gasteiger partial charge in [0.2, 0.25) is 0 Å². The maximum atomic E-state index is 11.0. The van der Waals surface area contributed by atoms with Crippen LogP contribution in [0.25, 0.3) is 0 Å². The number of carboxylic acid groups (broad SMARTS) is 1. The van der Waals surface area contributed by atoms with Crippen LogP contribution in [0, 0.1) is 0 Å². The van der Waals surface area contributed by atoms with Gasteiger partial charge in [-0.1, -0.05) is 52.4 Å². The van der Waals surface area contributed by atoms with Crippen molar-refractivity contribution in [2.75, 3.05) is 6.61 Å². The molecule has 0 aliphatic heterocycles. The molecule has 1 atom stereocenters. The van der Waals surface area contributed by atoms with E-state index in [9.17, 15) is 4.79 Å². The van der Waals surface area contributed by atoms with Gasteiger partial charge in [0.25, 0.3) is 0 Å². The lowest BCUT2D eigenvalue weighted by Crippen LogP contribution is -2.37. The lowest BCUT2D eigenvalue weighted by Gasteiger charge is -2.23. The van der Waals surface area contributed by atoms with Crippen LogP contribution in [-0.4, -0.2) is 23.3 Å². The molecule has 0 heterocycles. The molecule has 0 amide bonds.